The Hall–Kier alpha value is -1.08. The zero-order valence-electron chi connectivity index (χ0n) is 9.64. The zero-order chi connectivity index (χ0) is 14.5. The van der Waals surface area contributed by atoms with E-state index >= 15 is 0 Å². The molecule has 0 atom stereocenters. The fraction of sp³-hybridized carbons (Fsp3) is 0.182. The Morgan fingerprint density at radius 2 is 1.89 bits per heavy atom. The van der Waals surface area contributed by atoms with E-state index in [1.54, 1.807) is 6.07 Å². The summed E-state index contributed by atoms with van der Waals surface area (Å²) in [5.74, 6) is -1.49. The first-order chi connectivity index (χ1) is 8.84. The Bertz CT molecular complexity index is 578. The molecule has 0 saturated heterocycles. The Morgan fingerprint density at radius 3 is 2.42 bits per heavy atom. The van der Waals surface area contributed by atoms with E-state index in [2.05, 4.69) is 5.32 Å². The van der Waals surface area contributed by atoms with Crippen LogP contribution in [0.25, 0.3) is 0 Å². The Kier molecular flexibility index (Phi) is 5.81. The van der Waals surface area contributed by atoms with E-state index < -0.39 is 15.8 Å². The first kappa shape index (κ1) is 16.0. The number of nitrogens with one attached hydrogen (secondary N) is 1. The van der Waals surface area contributed by atoms with E-state index in [0.29, 0.717) is 0 Å². The molecular formula is C11H11Cl2NO4S. The van der Waals surface area contributed by atoms with Crippen LogP contribution in [0.15, 0.2) is 35.2 Å². The molecule has 0 fully saturated rings. The van der Waals surface area contributed by atoms with Crippen LogP contribution >= 0.6 is 23.2 Å². The summed E-state index contributed by atoms with van der Waals surface area (Å²) < 4.78 is 24.0. The van der Waals surface area contributed by atoms with Crippen molar-refractivity contribution in [1.82, 2.24) is 5.32 Å². The summed E-state index contributed by atoms with van der Waals surface area (Å²) in [6.45, 7) is 0.105. The van der Waals surface area contributed by atoms with Crippen molar-refractivity contribution in [2.75, 3.05) is 12.4 Å². The second kappa shape index (κ2) is 6.91. The summed E-state index contributed by atoms with van der Waals surface area (Å²) in [6.07, 6.45) is 2.22. The second-order valence-electron chi connectivity index (χ2n) is 3.50. The van der Waals surface area contributed by atoms with Gasteiger partial charge in [0.05, 0.1) is 10.0 Å². The first-order valence-corrected chi connectivity index (χ1v) is 7.52. The molecule has 1 aromatic rings. The van der Waals surface area contributed by atoms with Crippen LogP contribution in [0.3, 0.4) is 0 Å². The molecule has 104 valence electrons. The molecule has 0 saturated carbocycles. The van der Waals surface area contributed by atoms with Crippen LogP contribution in [0, 0.1) is 0 Å². The fourth-order valence-electron chi connectivity index (χ4n) is 1.29. The van der Waals surface area contributed by atoms with Gasteiger partial charge < -0.3 is 5.11 Å². The van der Waals surface area contributed by atoms with E-state index in [1.807, 2.05) is 0 Å². The number of carboxylic acid groups (broad SMARTS) is 1. The lowest BCUT2D eigenvalue weighted by Gasteiger charge is -2.08. The molecule has 0 amide bonds. The Morgan fingerprint density at radius 1 is 1.32 bits per heavy atom. The molecule has 2 N–H and O–H groups in total. The maximum Gasteiger partial charge on any atom is 0.328 e. The van der Waals surface area contributed by atoms with Crippen LogP contribution in [0.4, 0.5) is 0 Å². The van der Waals surface area contributed by atoms with Gasteiger partial charge in [0, 0.05) is 12.6 Å². The Balaban J connectivity index is 2.74. The second-order valence-corrected chi connectivity index (χ2v) is 6.25. The van der Waals surface area contributed by atoms with Gasteiger partial charge in [-0.05, 0) is 12.1 Å². The van der Waals surface area contributed by atoms with Gasteiger partial charge in [-0.15, -0.1) is 0 Å². The maximum atomic E-state index is 12.0. The van der Waals surface area contributed by atoms with Crippen LogP contribution in [0.5, 0.6) is 0 Å². The van der Waals surface area contributed by atoms with Crippen molar-refractivity contribution in [3.05, 3.63) is 40.4 Å². The van der Waals surface area contributed by atoms with Gasteiger partial charge in [-0.3, -0.25) is 5.32 Å². The summed E-state index contributed by atoms with van der Waals surface area (Å²) >= 11 is 11.6. The van der Waals surface area contributed by atoms with Crippen molar-refractivity contribution >= 4 is 39.0 Å². The number of benzene rings is 1. The highest BCUT2D eigenvalue weighted by Gasteiger charge is 2.20. The van der Waals surface area contributed by atoms with Crippen LogP contribution in [-0.2, 0) is 14.6 Å². The third-order valence-corrected chi connectivity index (χ3v) is 4.54. The first-order valence-electron chi connectivity index (χ1n) is 5.11. The molecule has 1 aromatic carbocycles. The summed E-state index contributed by atoms with van der Waals surface area (Å²) in [5.41, 5.74) is 0. The third-order valence-electron chi connectivity index (χ3n) is 2.04. The predicted molar refractivity (Wildman–Crippen MR) is 73.3 cm³/mol. The molecule has 0 spiro atoms. The van der Waals surface area contributed by atoms with E-state index in [0.717, 1.165) is 6.08 Å². The lowest BCUT2D eigenvalue weighted by molar-refractivity contribution is -0.131. The van der Waals surface area contributed by atoms with E-state index in [4.69, 9.17) is 28.3 Å². The molecule has 0 aromatic heterocycles. The molecule has 0 bridgehead atoms. The van der Waals surface area contributed by atoms with Gasteiger partial charge in [0.15, 0.2) is 9.84 Å². The van der Waals surface area contributed by atoms with Gasteiger partial charge in [-0.25, -0.2) is 13.2 Å². The van der Waals surface area contributed by atoms with Gasteiger partial charge >= 0.3 is 5.97 Å². The minimum atomic E-state index is -3.68. The highest BCUT2D eigenvalue weighted by molar-refractivity contribution is 7.91. The smallest absolute Gasteiger partial charge is 0.328 e. The summed E-state index contributed by atoms with van der Waals surface area (Å²) in [6, 6.07) is 4.42. The van der Waals surface area contributed by atoms with Crippen molar-refractivity contribution in [2.24, 2.45) is 0 Å². The normalized spacial score (nSPS) is 11.9. The quantitative estimate of drug-likeness (QED) is 0.617. The minimum absolute atomic E-state index is 0.0513. The standard InChI is InChI=1S/C11H11Cl2NO4S/c12-8-3-1-4-9(13)11(8)19(17,18)7-14-6-2-5-10(15)16/h1-5,14H,6-7H2,(H,15,16)/b5-2+. The number of carboxylic acids is 1. The molecule has 5 nitrogen and oxygen atoms in total. The van der Waals surface area contributed by atoms with Crippen molar-refractivity contribution in [2.45, 2.75) is 4.90 Å². The average Bonchev–Trinajstić information content (AvgIpc) is 2.27. The Labute approximate surface area is 120 Å². The minimum Gasteiger partial charge on any atom is -0.478 e. The van der Waals surface area contributed by atoms with Gasteiger partial charge in [0.25, 0.3) is 0 Å². The number of hydrogen-bond donors (Lipinski definition) is 2. The van der Waals surface area contributed by atoms with Crippen molar-refractivity contribution < 1.29 is 18.3 Å². The van der Waals surface area contributed by atoms with Crippen LogP contribution < -0.4 is 5.32 Å². The highest BCUT2D eigenvalue weighted by Crippen LogP contribution is 2.29. The van der Waals surface area contributed by atoms with Gasteiger partial charge in [0.1, 0.15) is 10.8 Å². The molecule has 0 heterocycles. The summed E-state index contributed by atoms with van der Waals surface area (Å²) in [5, 5.41) is 11.0. The number of rotatable bonds is 6. The topological polar surface area (TPSA) is 83.5 Å². The lowest BCUT2D eigenvalue weighted by Crippen LogP contribution is -2.24. The fourth-order valence-corrected chi connectivity index (χ4v) is 3.65. The number of hydrogen-bond acceptors (Lipinski definition) is 4. The molecule has 19 heavy (non-hydrogen) atoms. The molecule has 0 aliphatic heterocycles. The molecule has 0 radical (unpaired) electrons. The lowest BCUT2D eigenvalue weighted by atomic mass is 10.4. The van der Waals surface area contributed by atoms with E-state index in [-0.39, 0.29) is 27.4 Å². The third kappa shape index (κ3) is 4.83. The summed E-state index contributed by atoms with van der Waals surface area (Å²) in [4.78, 5) is 10.1. The van der Waals surface area contributed by atoms with Gasteiger partial charge in [0.2, 0.25) is 0 Å². The zero-order valence-corrected chi connectivity index (χ0v) is 12.0. The molecule has 0 aliphatic carbocycles. The molecule has 8 heteroatoms. The molecule has 0 unspecified atom stereocenters. The van der Waals surface area contributed by atoms with Gasteiger partial charge in [-0.1, -0.05) is 35.3 Å². The highest BCUT2D eigenvalue weighted by atomic mass is 35.5. The largest absolute Gasteiger partial charge is 0.478 e. The van der Waals surface area contributed by atoms with Crippen LogP contribution in [0.2, 0.25) is 10.0 Å². The number of carbonyl (C=O) groups is 1. The van der Waals surface area contributed by atoms with Crippen LogP contribution in [0.1, 0.15) is 0 Å². The van der Waals surface area contributed by atoms with Crippen LogP contribution in [-0.4, -0.2) is 31.9 Å². The van der Waals surface area contributed by atoms with E-state index in [1.165, 1.54) is 18.2 Å². The van der Waals surface area contributed by atoms with E-state index in [9.17, 15) is 13.2 Å². The predicted octanol–water partition coefficient (Wildman–Crippen LogP) is 1.96. The van der Waals surface area contributed by atoms with Crippen molar-refractivity contribution in [3.8, 4) is 0 Å². The molecule has 0 aliphatic rings. The van der Waals surface area contributed by atoms with Crippen molar-refractivity contribution in [1.29, 1.82) is 0 Å². The molecular weight excluding hydrogens is 313 g/mol. The maximum absolute atomic E-state index is 12.0. The average molecular weight is 324 g/mol. The van der Waals surface area contributed by atoms with Crippen molar-refractivity contribution in [3.63, 3.8) is 0 Å². The SMILES string of the molecule is O=C(O)/C=C/CNCS(=O)(=O)c1c(Cl)cccc1Cl. The molecule has 1 rings (SSSR count). The number of sulfone groups is 1. The summed E-state index contributed by atoms with van der Waals surface area (Å²) in [7, 11) is -3.68. The number of aliphatic carboxylic acids is 1. The van der Waals surface area contributed by atoms with Gasteiger partial charge in [-0.2, -0.15) is 0 Å². The number of halogens is 2. The monoisotopic (exact) mass is 323 g/mol.